The third-order valence-corrected chi connectivity index (χ3v) is 4.86. The summed E-state index contributed by atoms with van der Waals surface area (Å²) in [6.07, 6.45) is 3.02. The van der Waals surface area contributed by atoms with Crippen molar-refractivity contribution in [1.82, 2.24) is 4.98 Å². The number of hydrogen-bond donors (Lipinski definition) is 2. The number of carboxylic acids is 1. The molecule has 2 N–H and O–H groups in total. The zero-order chi connectivity index (χ0) is 17.1. The van der Waals surface area contributed by atoms with Gasteiger partial charge in [0.2, 0.25) is 0 Å². The minimum absolute atomic E-state index is 0.0877. The molecule has 0 saturated heterocycles. The number of nitrogens with one attached hydrogen (secondary N) is 1. The van der Waals surface area contributed by atoms with Gasteiger partial charge in [-0.1, -0.05) is 28.1 Å². The van der Waals surface area contributed by atoms with Gasteiger partial charge in [0.1, 0.15) is 5.56 Å². The zero-order valence-electron chi connectivity index (χ0n) is 12.2. The molecule has 1 amide bonds. The fourth-order valence-electron chi connectivity index (χ4n) is 2.17. The van der Waals surface area contributed by atoms with E-state index < -0.39 is 5.97 Å². The fraction of sp³-hybridized carbons (Fsp3) is 0. The van der Waals surface area contributed by atoms with Crippen molar-refractivity contribution in [3.05, 3.63) is 69.8 Å². The Morgan fingerprint density at radius 3 is 2.38 bits per heavy atom. The minimum atomic E-state index is -1.08. The van der Waals surface area contributed by atoms with E-state index in [1.807, 2.05) is 24.3 Å². The number of aromatic carboxylic acids is 1. The second kappa shape index (κ2) is 6.94. The minimum Gasteiger partial charge on any atom is -0.478 e. The Balaban J connectivity index is 1.96. The number of rotatable bonds is 4. The number of hydrogen-bond acceptors (Lipinski definition) is 4. The van der Waals surface area contributed by atoms with E-state index >= 15 is 0 Å². The van der Waals surface area contributed by atoms with Crippen LogP contribution in [0.25, 0.3) is 10.4 Å². The van der Waals surface area contributed by atoms with Gasteiger partial charge < -0.3 is 10.4 Å². The number of nitrogens with zero attached hydrogens (tertiary/aromatic N) is 1. The SMILES string of the molecule is O=C(Nc1csc(-c2ccc(Br)cc2)c1C(=O)O)c1ccncc1. The first-order valence-electron chi connectivity index (χ1n) is 6.88. The van der Waals surface area contributed by atoms with Gasteiger partial charge in [-0.05, 0) is 29.8 Å². The molecule has 3 aromatic rings. The van der Waals surface area contributed by atoms with Crippen LogP contribution in [0.3, 0.4) is 0 Å². The monoisotopic (exact) mass is 402 g/mol. The quantitative estimate of drug-likeness (QED) is 0.671. The number of carbonyl (C=O) groups is 2. The molecular formula is C17H11BrN2O3S. The predicted molar refractivity (Wildman–Crippen MR) is 96.6 cm³/mol. The van der Waals surface area contributed by atoms with Gasteiger partial charge in [0.05, 0.1) is 10.6 Å². The fourth-order valence-corrected chi connectivity index (χ4v) is 3.44. The van der Waals surface area contributed by atoms with E-state index in [1.165, 1.54) is 23.7 Å². The number of aromatic nitrogens is 1. The van der Waals surface area contributed by atoms with Crippen molar-refractivity contribution in [2.75, 3.05) is 5.32 Å². The average molecular weight is 403 g/mol. The van der Waals surface area contributed by atoms with Crippen LogP contribution in [0.4, 0.5) is 5.69 Å². The largest absolute Gasteiger partial charge is 0.478 e. The molecule has 2 heterocycles. The van der Waals surface area contributed by atoms with Gasteiger partial charge in [0, 0.05) is 27.8 Å². The topological polar surface area (TPSA) is 79.3 Å². The lowest BCUT2D eigenvalue weighted by Gasteiger charge is -2.06. The second-order valence-electron chi connectivity index (χ2n) is 4.86. The predicted octanol–water partition coefficient (Wildman–Crippen LogP) is 4.52. The molecule has 0 saturated carbocycles. The Kier molecular flexibility index (Phi) is 4.73. The molecule has 0 spiro atoms. The summed E-state index contributed by atoms with van der Waals surface area (Å²) in [5.41, 5.74) is 1.57. The highest BCUT2D eigenvalue weighted by Crippen LogP contribution is 2.36. The Hall–Kier alpha value is -2.51. The highest BCUT2D eigenvalue weighted by Gasteiger charge is 2.21. The van der Waals surface area contributed by atoms with Crippen LogP contribution >= 0.6 is 27.3 Å². The van der Waals surface area contributed by atoms with Crippen LogP contribution in [-0.2, 0) is 0 Å². The third kappa shape index (κ3) is 3.37. The van der Waals surface area contributed by atoms with Crippen LogP contribution in [0, 0.1) is 0 Å². The zero-order valence-corrected chi connectivity index (χ0v) is 14.6. The lowest BCUT2D eigenvalue weighted by molar-refractivity contribution is 0.0699. The summed E-state index contributed by atoms with van der Waals surface area (Å²) in [7, 11) is 0. The number of halogens is 1. The molecule has 24 heavy (non-hydrogen) atoms. The lowest BCUT2D eigenvalue weighted by atomic mass is 10.1. The van der Waals surface area contributed by atoms with Gasteiger partial charge in [-0.25, -0.2) is 4.79 Å². The van der Waals surface area contributed by atoms with Crippen LogP contribution < -0.4 is 5.32 Å². The molecule has 0 atom stereocenters. The maximum absolute atomic E-state index is 12.2. The summed E-state index contributed by atoms with van der Waals surface area (Å²) in [6, 6.07) is 10.5. The van der Waals surface area contributed by atoms with E-state index in [0.29, 0.717) is 10.4 Å². The van der Waals surface area contributed by atoms with Crippen molar-refractivity contribution in [1.29, 1.82) is 0 Å². The lowest BCUT2D eigenvalue weighted by Crippen LogP contribution is -2.14. The van der Waals surface area contributed by atoms with E-state index in [2.05, 4.69) is 26.2 Å². The Bertz CT molecular complexity index is 892. The number of carbonyl (C=O) groups excluding carboxylic acids is 1. The normalized spacial score (nSPS) is 10.4. The molecule has 0 aliphatic rings. The summed E-state index contributed by atoms with van der Waals surface area (Å²) in [6.45, 7) is 0. The molecule has 0 aliphatic heterocycles. The molecule has 7 heteroatoms. The van der Waals surface area contributed by atoms with Crippen LogP contribution in [0.15, 0.2) is 58.6 Å². The summed E-state index contributed by atoms with van der Waals surface area (Å²) < 4.78 is 0.908. The van der Waals surface area contributed by atoms with Gasteiger partial charge in [-0.3, -0.25) is 9.78 Å². The molecule has 0 unspecified atom stereocenters. The molecule has 5 nitrogen and oxygen atoms in total. The number of amides is 1. The van der Waals surface area contributed by atoms with E-state index in [9.17, 15) is 14.7 Å². The van der Waals surface area contributed by atoms with Crippen molar-refractivity contribution in [3.8, 4) is 10.4 Å². The molecule has 1 aromatic carbocycles. The maximum atomic E-state index is 12.2. The highest BCUT2D eigenvalue weighted by atomic mass is 79.9. The number of anilines is 1. The van der Waals surface area contributed by atoms with Crippen LogP contribution in [0.5, 0.6) is 0 Å². The van der Waals surface area contributed by atoms with Crippen molar-refractivity contribution < 1.29 is 14.7 Å². The van der Waals surface area contributed by atoms with Crippen molar-refractivity contribution >= 4 is 44.8 Å². The maximum Gasteiger partial charge on any atom is 0.339 e. The van der Waals surface area contributed by atoms with Gasteiger partial charge in [0.15, 0.2) is 0 Å². The standard InChI is InChI=1S/C17H11BrN2O3S/c18-12-3-1-10(2-4-12)15-14(17(22)23)13(9-24-15)20-16(21)11-5-7-19-8-6-11/h1-9H,(H,20,21)(H,22,23). The van der Waals surface area contributed by atoms with Crippen molar-refractivity contribution in [2.45, 2.75) is 0 Å². The Morgan fingerprint density at radius 1 is 1.08 bits per heavy atom. The molecule has 0 fully saturated rings. The van der Waals surface area contributed by atoms with Crippen molar-refractivity contribution in [3.63, 3.8) is 0 Å². The van der Waals surface area contributed by atoms with Gasteiger partial charge in [-0.15, -0.1) is 11.3 Å². The molecule has 0 bridgehead atoms. The van der Waals surface area contributed by atoms with Crippen LogP contribution in [0.2, 0.25) is 0 Å². The number of pyridine rings is 1. The molecule has 120 valence electrons. The first kappa shape index (κ1) is 16.4. The Morgan fingerprint density at radius 2 is 1.75 bits per heavy atom. The highest BCUT2D eigenvalue weighted by molar-refractivity contribution is 9.10. The van der Waals surface area contributed by atoms with Gasteiger partial charge in [0.25, 0.3) is 5.91 Å². The summed E-state index contributed by atoms with van der Waals surface area (Å²) in [4.78, 5) is 28.4. The van der Waals surface area contributed by atoms with Gasteiger partial charge >= 0.3 is 5.97 Å². The first-order valence-corrected chi connectivity index (χ1v) is 8.55. The summed E-state index contributed by atoms with van der Waals surface area (Å²) in [5.74, 6) is -1.46. The van der Waals surface area contributed by atoms with E-state index in [-0.39, 0.29) is 17.2 Å². The molecule has 0 radical (unpaired) electrons. The number of benzene rings is 1. The van der Waals surface area contributed by atoms with Crippen LogP contribution in [0.1, 0.15) is 20.7 Å². The van der Waals surface area contributed by atoms with E-state index in [4.69, 9.17) is 0 Å². The molecular weight excluding hydrogens is 392 g/mol. The van der Waals surface area contributed by atoms with E-state index in [0.717, 1.165) is 10.0 Å². The van der Waals surface area contributed by atoms with E-state index in [1.54, 1.807) is 17.5 Å². The van der Waals surface area contributed by atoms with Crippen LogP contribution in [-0.4, -0.2) is 22.0 Å². The second-order valence-corrected chi connectivity index (χ2v) is 6.65. The molecule has 3 rings (SSSR count). The summed E-state index contributed by atoms with van der Waals surface area (Å²) >= 11 is 4.63. The Labute approximate surface area is 150 Å². The average Bonchev–Trinajstić information content (AvgIpc) is 3.00. The smallest absolute Gasteiger partial charge is 0.339 e. The number of carboxylic acid groups (broad SMARTS) is 1. The molecule has 2 aromatic heterocycles. The molecule has 0 aliphatic carbocycles. The first-order chi connectivity index (χ1) is 11.6. The third-order valence-electron chi connectivity index (χ3n) is 3.30. The number of thiophene rings is 1. The van der Waals surface area contributed by atoms with Gasteiger partial charge in [-0.2, -0.15) is 0 Å². The van der Waals surface area contributed by atoms with Crippen molar-refractivity contribution in [2.24, 2.45) is 0 Å². The summed E-state index contributed by atoms with van der Waals surface area (Å²) in [5, 5.41) is 13.9.